The van der Waals surface area contributed by atoms with Gasteiger partial charge in [0.25, 0.3) is 5.56 Å². The van der Waals surface area contributed by atoms with Crippen LogP contribution < -0.4 is 10.9 Å². The number of para-hydroxylation sites is 1. The van der Waals surface area contributed by atoms with Crippen LogP contribution in [0.5, 0.6) is 0 Å². The lowest BCUT2D eigenvalue weighted by molar-refractivity contribution is -0.113. The molecule has 5 rings (SSSR count). The van der Waals surface area contributed by atoms with Crippen molar-refractivity contribution in [1.29, 1.82) is 0 Å². The summed E-state index contributed by atoms with van der Waals surface area (Å²) in [5.74, 6) is -0.176. The van der Waals surface area contributed by atoms with E-state index in [4.69, 9.17) is 11.6 Å². The summed E-state index contributed by atoms with van der Waals surface area (Å²) in [4.78, 5) is 35.3. The fourth-order valence-electron chi connectivity index (χ4n) is 3.52. The van der Waals surface area contributed by atoms with Crippen molar-refractivity contribution in [3.63, 3.8) is 0 Å². The van der Waals surface area contributed by atoms with Crippen LogP contribution in [0, 0.1) is 6.92 Å². The molecule has 3 aromatic carbocycles. The van der Waals surface area contributed by atoms with E-state index in [2.05, 4.69) is 15.3 Å². The molecule has 0 bridgehead atoms. The number of hydrogen-bond donors (Lipinski definition) is 1. The largest absolute Gasteiger partial charge is 0.301 e. The molecule has 174 valence electrons. The molecule has 0 atom stereocenters. The predicted octanol–water partition coefficient (Wildman–Crippen LogP) is 6.20. The van der Waals surface area contributed by atoms with E-state index in [0.29, 0.717) is 31.9 Å². The third kappa shape index (κ3) is 5.00. The zero-order valence-corrected chi connectivity index (χ0v) is 21.0. The third-order valence-corrected chi connectivity index (χ3v) is 7.41. The molecule has 9 heteroatoms. The number of carbonyl (C=O) groups excluding carboxylic acids is 1. The number of benzene rings is 3. The minimum atomic E-state index is -0.236. The first-order chi connectivity index (χ1) is 17.0. The lowest BCUT2D eigenvalue weighted by Gasteiger charge is -2.14. The van der Waals surface area contributed by atoms with Gasteiger partial charge in [-0.1, -0.05) is 71.9 Å². The van der Waals surface area contributed by atoms with Crippen molar-refractivity contribution in [2.75, 3.05) is 11.1 Å². The molecule has 2 aromatic heterocycles. The van der Waals surface area contributed by atoms with Crippen LogP contribution in [0.25, 0.3) is 27.8 Å². The predicted molar refractivity (Wildman–Crippen MR) is 144 cm³/mol. The van der Waals surface area contributed by atoms with Gasteiger partial charge in [0, 0.05) is 16.0 Å². The van der Waals surface area contributed by atoms with Gasteiger partial charge < -0.3 is 5.32 Å². The summed E-state index contributed by atoms with van der Waals surface area (Å²) < 4.78 is 1.50. The Morgan fingerprint density at radius 1 is 1.06 bits per heavy atom. The van der Waals surface area contributed by atoms with E-state index < -0.39 is 0 Å². The highest BCUT2D eigenvalue weighted by Gasteiger charge is 2.16. The van der Waals surface area contributed by atoms with E-state index in [9.17, 15) is 9.59 Å². The van der Waals surface area contributed by atoms with Crippen molar-refractivity contribution in [3.05, 3.63) is 99.1 Å². The lowest BCUT2D eigenvalue weighted by Crippen LogP contribution is -2.23. The Kier molecular flexibility index (Phi) is 6.68. The Morgan fingerprint density at radius 2 is 1.83 bits per heavy atom. The van der Waals surface area contributed by atoms with Crippen LogP contribution in [0.2, 0.25) is 5.02 Å². The van der Waals surface area contributed by atoms with Crippen LogP contribution in [-0.2, 0) is 4.79 Å². The molecule has 0 fully saturated rings. The maximum Gasteiger partial charge on any atom is 0.266 e. The number of aromatic nitrogens is 3. The van der Waals surface area contributed by atoms with Crippen LogP contribution in [0.4, 0.5) is 5.13 Å². The van der Waals surface area contributed by atoms with Crippen LogP contribution in [-0.4, -0.2) is 26.2 Å². The van der Waals surface area contributed by atoms with Gasteiger partial charge in [-0.15, -0.1) is 11.3 Å². The summed E-state index contributed by atoms with van der Waals surface area (Å²) >= 11 is 8.89. The summed E-state index contributed by atoms with van der Waals surface area (Å²) in [6.07, 6.45) is 0. The number of amides is 1. The van der Waals surface area contributed by atoms with Crippen LogP contribution >= 0.6 is 34.7 Å². The van der Waals surface area contributed by atoms with Gasteiger partial charge in [0.05, 0.1) is 28.0 Å². The zero-order chi connectivity index (χ0) is 24.4. The van der Waals surface area contributed by atoms with E-state index in [0.717, 1.165) is 16.8 Å². The molecule has 0 saturated heterocycles. The number of thioether (sulfide) groups is 1. The maximum atomic E-state index is 13.4. The first kappa shape index (κ1) is 23.3. The van der Waals surface area contributed by atoms with E-state index in [1.165, 1.54) is 27.7 Å². The van der Waals surface area contributed by atoms with Gasteiger partial charge in [-0.05, 0) is 36.8 Å². The number of aryl methyl sites for hydroxylation is 1. The lowest BCUT2D eigenvalue weighted by atomic mass is 10.2. The molecule has 0 unspecified atom stereocenters. The smallest absolute Gasteiger partial charge is 0.266 e. The van der Waals surface area contributed by atoms with Crippen molar-refractivity contribution in [1.82, 2.24) is 14.5 Å². The third-order valence-electron chi connectivity index (χ3n) is 5.31. The van der Waals surface area contributed by atoms with E-state index >= 15 is 0 Å². The molecule has 0 saturated carbocycles. The standard InChI is InChI=1S/C26H19ClN4O2S2/c1-16-11-12-18(13-20(16)27)31-24(33)19-9-5-6-10-21(19)29-26(31)35-15-23(32)30-25-28-22(14-34-25)17-7-3-2-4-8-17/h2-14H,15H2,1H3,(H,28,30,32). The number of nitrogens with one attached hydrogen (secondary N) is 1. The number of hydrogen-bond acceptors (Lipinski definition) is 6. The van der Waals surface area contributed by atoms with E-state index in [1.807, 2.05) is 60.8 Å². The van der Waals surface area contributed by atoms with E-state index in [-0.39, 0.29) is 17.2 Å². The SMILES string of the molecule is Cc1ccc(-n2c(SCC(=O)Nc3nc(-c4ccccc4)cs3)nc3ccccc3c2=O)cc1Cl. The molecule has 5 aromatic rings. The highest BCUT2D eigenvalue weighted by Crippen LogP contribution is 2.27. The molecule has 0 aliphatic heterocycles. The van der Waals surface area contributed by atoms with Gasteiger partial charge >= 0.3 is 0 Å². The average molecular weight is 519 g/mol. The quantitative estimate of drug-likeness (QED) is 0.214. The monoisotopic (exact) mass is 518 g/mol. The topological polar surface area (TPSA) is 76.9 Å². The summed E-state index contributed by atoms with van der Waals surface area (Å²) in [5, 5.41) is 6.72. The summed E-state index contributed by atoms with van der Waals surface area (Å²) in [6.45, 7) is 1.90. The Bertz CT molecular complexity index is 1600. The Hall–Kier alpha value is -3.46. The fourth-order valence-corrected chi connectivity index (χ4v) is 5.24. The molecule has 2 heterocycles. The molecule has 1 amide bonds. The minimum absolute atomic E-state index is 0.0601. The number of anilines is 1. The molecule has 0 aliphatic carbocycles. The van der Waals surface area contributed by atoms with Gasteiger partial charge in [0.15, 0.2) is 10.3 Å². The average Bonchev–Trinajstić information content (AvgIpc) is 3.34. The van der Waals surface area contributed by atoms with E-state index in [1.54, 1.807) is 24.3 Å². The summed E-state index contributed by atoms with van der Waals surface area (Å²) in [5.41, 5.74) is 3.65. The highest BCUT2D eigenvalue weighted by molar-refractivity contribution is 7.99. The van der Waals surface area contributed by atoms with Gasteiger partial charge in [0.1, 0.15) is 0 Å². The van der Waals surface area contributed by atoms with Gasteiger partial charge in [-0.2, -0.15) is 0 Å². The molecule has 1 N–H and O–H groups in total. The Balaban J connectivity index is 1.41. The van der Waals surface area contributed by atoms with Crippen LogP contribution in [0.3, 0.4) is 0 Å². The number of nitrogens with zero attached hydrogens (tertiary/aromatic N) is 3. The molecule has 0 radical (unpaired) electrons. The Morgan fingerprint density at radius 3 is 2.63 bits per heavy atom. The van der Waals surface area contributed by atoms with Crippen molar-refractivity contribution in [2.24, 2.45) is 0 Å². The van der Waals surface area contributed by atoms with Gasteiger partial charge in [-0.3, -0.25) is 14.2 Å². The highest BCUT2D eigenvalue weighted by atomic mass is 35.5. The van der Waals surface area contributed by atoms with Crippen molar-refractivity contribution in [2.45, 2.75) is 12.1 Å². The van der Waals surface area contributed by atoms with Gasteiger partial charge in [0.2, 0.25) is 5.91 Å². The number of carbonyl (C=O) groups is 1. The normalized spacial score (nSPS) is 11.0. The molecule has 0 aliphatic rings. The molecular formula is C26H19ClN4O2S2. The van der Waals surface area contributed by atoms with Crippen molar-refractivity contribution in [3.8, 4) is 16.9 Å². The molecule has 0 spiro atoms. The molecule has 6 nitrogen and oxygen atoms in total. The number of halogens is 1. The fraction of sp³-hybridized carbons (Fsp3) is 0.0769. The van der Waals surface area contributed by atoms with Gasteiger partial charge in [-0.25, -0.2) is 9.97 Å². The number of rotatable bonds is 6. The number of fused-ring (bicyclic) bond motifs is 1. The second kappa shape index (κ2) is 10.0. The summed E-state index contributed by atoms with van der Waals surface area (Å²) in [6, 6.07) is 22.3. The van der Waals surface area contributed by atoms with Crippen LogP contribution in [0.15, 0.2) is 88.1 Å². The second-order valence-electron chi connectivity index (χ2n) is 7.73. The minimum Gasteiger partial charge on any atom is -0.301 e. The number of thiazole rings is 1. The summed E-state index contributed by atoms with van der Waals surface area (Å²) in [7, 11) is 0. The van der Waals surface area contributed by atoms with Crippen molar-refractivity contribution < 1.29 is 4.79 Å². The maximum absolute atomic E-state index is 13.4. The Labute approximate surface area is 214 Å². The van der Waals surface area contributed by atoms with Crippen LogP contribution in [0.1, 0.15) is 5.56 Å². The first-order valence-electron chi connectivity index (χ1n) is 10.7. The second-order valence-corrected chi connectivity index (χ2v) is 9.93. The molecular weight excluding hydrogens is 500 g/mol. The molecule has 35 heavy (non-hydrogen) atoms. The van der Waals surface area contributed by atoms with Crippen molar-refractivity contribution >= 4 is 56.6 Å². The first-order valence-corrected chi connectivity index (χ1v) is 13.0. The zero-order valence-electron chi connectivity index (χ0n) is 18.6.